The molecule has 28 heavy (non-hydrogen) atoms. The van der Waals surface area contributed by atoms with Crippen LogP contribution < -0.4 is 20.1 Å². The van der Waals surface area contributed by atoms with E-state index in [9.17, 15) is 4.79 Å². The molecule has 0 radical (unpaired) electrons. The minimum atomic E-state index is -0.129. The highest BCUT2D eigenvalue weighted by atomic mass is 35.5. The molecule has 2 aromatic rings. The van der Waals surface area contributed by atoms with Crippen molar-refractivity contribution in [2.45, 2.75) is 30.3 Å². The van der Waals surface area contributed by atoms with Crippen LogP contribution in [0.2, 0.25) is 10.0 Å². The van der Waals surface area contributed by atoms with Crippen LogP contribution in [0.3, 0.4) is 0 Å². The number of amides is 1. The van der Waals surface area contributed by atoms with E-state index in [1.54, 1.807) is 12.1 Å². The van der Waals surface area contributed by atoms with Gasteiger partial charge in [-0.15, -0.1) is 0 Å². The molecule has 1 amide bonds. The van der Waals surface area contributed by atoms with Gasteiger partial charge in [-0.1, -0.05) is 23.2 Å². The van der Waals surface area contributed by atoms with Crippen LogP contribution in [0.1, 0.15) is 19.3 Å². The summed E-state index contributed by atoms with van der Waals surface area (Å²) in [5, 5.41) is 7.86. The number of carbonyl (C=O) groups is 1. The molecule has 0 aliphatic heterocycles. The summed E-state index contributed by atoms with van der Waals surface area (Å²) in [5.74, 6) is 1.06. The zero-order chi connectivity index (χ0) is 19.6. The normalized spacial score (nSPS) is 24.6. The molecule has 1 aromatic heterocycles. The van der Waals surface area contributed by atoms with Crippen molar-refractivity contribution < 1.29 is 14.3 Å². The standard InChI is InChI=1S/C20H21Cl2N3O3/c21-14-1-4-16(5-2-14)27-8-7-24-19-11-20(12-19,13-19)25-17(26)10-28-18-6-3-15(22)9-23-18/h1-6,9,24H,7-8,10-13H2,(H,25,26). The van der Waals surface area contributed by atoms with Gasteiger partial charge < -0.3 is 20.1 Å². The number of rotatable bonds is 9. The molecular weight excluding hydrogens is 401 g/mol. The summed E-state index contributed by atoms with van der Waals surface area (Å²) in [5.41, 5.74) is 0.0487. The Morgan fingerprint density at radius 3 is 2.39 bits per heavy atom. The van der Waals surface area contributed by atoms with Crippen molar-refractivity contribution in [3.63, 3.8) is 0 Å². The van der Waals surface area contributed by atoms with E-state index < -0.39 is 0 Å². The van der Waals surface area contributed by atoms with Gasteiger partial charge in [-0.25, -0.2) is 4.98 Å². The van der Waals surface area contributed by atoms with Crippen molar-refractivity contribution in [1.29, 1.82) is 0 Å². The number of pyridine rings is 1. The van der Waals surface area contributed by atoms with Crippen molar-refractivity contribution in [2.24, 2.45) is 0 Å². The quantitative estimate of drug-likeness (QED) is 0.608. The molecule has 3 saturated carbocycles. The fraction of sp³-hybridized carbons (Fsp3) is 0.400. The molecule has 6 nitrogen and oxygen atoms in total. The monoisotopic (exact) mass is 421 g/mol. The lowest BCUT2D eigenvalue weighted by molar-refractivity contribution is -0.143. The molecule has 8 heteroatoms. The number of ether oxygens (including phenoxy) is 2. The molecule has 2 bridgehead atoms. The van der Waals surface area contributed by atoms with E-state index in [2.05, 4.69) is 15.6 Å². The number of hydrogen-bond acceptors (Lipinski definition) is 5. The predicted octanol–water partition coefficient (Wildman–Crippen LogP) is 3.23. The van der Waals surface area contributed by atoms with Crippen molar-refractivity contribution >= 4 is 29.1 Å². The third-order valence-electron chi connectivity index (χ3n) is 5.17. The maximum atomic E-state index is 12.1. The average Bonchev–Trinajstić information content (AvgIpc) is 2.63. The Balaban J connectivity index is 1.12. The third kappa shape index (κ3) is 4.35. The maximum Gasteiger partial charge on any atom is 0.258 e. The first-order valence-corrected chi connectivity index (χ1v) is 9.90. The van der Waals surface area contributed by atoms with Crippen LogP contribution in [0.15, 0.2) is 42.6 Å². The lowest BCUT2D eigenvalue weighted by atomic mass is 9.44. The number of nitrogens with one attached hydrogen (secondary N) is 2. The second-order valence-corrected chi connectivity index (χ2v) is 8.34. The van der Waals surface area contributed by atoms with Gasteiger partial charge in [0.2, 0.25) is 5.88 Å². The van der Waals surface area contributed by atoms with Crippen LogP contribution in [0.25, 0.3) is 0 Å². The second kappa shape index (κ2) is 7.78. The molecule has 1 aromatic carbocycles. The van der Waals surface area contributed by atoms with Crippen molar-refractivity contribution in [3.8, 4) is 11.6 Å². The number of carbonyl (C=O) groups excluding carboxylic acids is 1. The minimum Gasteiger partial charge on any atom is -0.492 e. The van der Waals surface area contributed by atoms with Gasteiger partial charge in [0.25, 0.3) is 5.91 Å². The highest BCUT2D eigenvalue weighted by molar-refractivity contribution is 6.30. The summed E-state index contributed by atoms with van der Waals surface area (Å²) < 4.78 is 11.1. The van der Waals surface area contributed by atoms with Crippen LogP contribution in [-0.2, 0) is 4.79 Å². The Labute approximate surface area is 173 Å². The van der Waals surface area contributed by atoms with Crippen LogP contribution in [0.5, 0.6) is 11.6 Å². The van der Waals surface area contributed by atoms with Gasteiger partial charge in [-0.2, -0.15) is 0 Å². The largest absolute Gasteiger partial charge is 0.492 e. The van der Waals surface area contributed by atoms with Crippen LogP contribution >= 0.6 is 23.2 Å². The van der Waals surface area contributed by atoms with Gasteiger partial charge >= 0.3 is 0 Å². The first-order valence-electron chi connectivity index (χ1n) is 9.15. The first-order chi connectivity index (χ1) is 13.5. The minimum absolute atomic E-state index is 0.0499. The zero-order valence-corrected chi connectivity index (χ0v) is 16.7. The number of benzene rings is 1. The maximum absolute atomic E-state index is 12.1. The van der Waals surface area contributed by atoms with E-state index in [1.165, 1.54) is 6.20 Å². The Kier molecular flexibility index (Phi) is 5.36. The van der Waals surface area contributed by atoms with Crippen LogP contribution in [0, 0.1) is 0 Å². The van der Waals surface area contributed by atoms with Gasteiger partial charge in [0.15, 0.2) is 6.61 Å². The zero-order valence-electron chi connectivity index (χ0n) is 15.2. The van der Waals surface area contributed by atoms with Gasteiger partial charge in [0.05, 0.1) is 5.02 Å². The molecule has 3 fully saturated rings. The molecule has 3 aliphatic rings. The summed E-state index contributed by atoms with van der Waals surface area (Å²) in [6.07, 6.45) is 4.30. The Hall–Kier alpha value is -2.02. The summed E-state index contributed by atoms with van der Waals surface area (Å²) in [4.78, 5) is 16.1. The molecule has 5 rings (SSSR count). The summed E-state index contributed by atoms with van der Waals surface area (Å²) in [7, 11) is 0. The smallest absolute Gasteiger partial charge is 0.258 e. The highest BCUT2D eigenvalue weighted by Gasteiger charge is 2.68. The fourth-order valence-electron chi connectivity index (χ4n) is 4.04. The fourth-order valence-corrected chi connectivity index (χ4v) is 4.28. The Morgan fingerprint density at radius 2 is 1.71 bits per heavy atom. The van der Waals surface area contributed by atoms with Crippen molar-refractivity contribution in [2.75, 3.05) is 19.8 Å². The van der Waals surface area contributed by atoms with Crippen LogP contribution in [-0.4, -0.2) is 41.7 Å². The first kappa shape index (κ1) is 19.3. The number of nitrogens with zero attached hydrogens (tertiary/aromatic N) is 1. The van der Waals surface area contributed by atoms with Gasteiger partial charge in [-0.05, 0) is 49.6 Å². The van der Waals surface area contributed by atoms with Gasteiger partial charge in [-0.3, -0.25) is 4.79 Å². The van der Waals surface area contributed by atoms with E-state index in [0.29, 0.717) is 22.5 Å². The number of aromatic nitrogens is 1. The van der Waals surface area contributed by atoms with Gasteiger partial charge in [0.1, 0.15) is 12.4 Å². The van der Waals surface area contributed by atoms with E-state index in [1.807, 2.05) is 24.3 Å². The third-order valence-corrected chi connectivity index (χ3v) is 5.65. The molecule has 2 N–H and O–H groups in total. The molecule has 1 heterocycles. The Bertz CT molecular complexity index is 823. The predicted molar refractivity (Wildman–Crippen MR) is 107 cm³/mol. The van der Waals surface area contributed by atoms with E-state index in [4.69, 9.17) is 32.7 Å². The molecule has 148 valence electrons. The lowest BCUT2D eigenvalue weighted by Crippen LogP contribution is -2.83. The molecular formula is C20H21Cl2N3O3. The second-order valence-electron chi connectivity index (χ2n) is 7.47. The van der Waals surface area contributed by atoms with E-state index >= 15 is 0 Å². The van der Waals surface area contributed by atoms with Gasteiger partial charge in [0, 0.05) is 34.9 Å². The van der Waals surface area contributed by atoms with Crippen molar-refractivity contribution in [3.05, 3.63) is 52.6 Å². The molecule has 0 atom stereocenters. The van der Waals surface area contributed by atoms with E-state index in [0.717, 1.165) is 31.6 Å². The highest BCUT2D eigenvalue weighted by Crippen LogP contribution is 2.60. The Morgan fingerprint density at radius 1 is 1.00 bits per heavy atom. The summed E-state index contributed by atoms with van der Waals surface area (Å²) in [6, 6.07) is 10.6. The number of halogens is 2. The van der Waals surface area contributed by atoms with E-state index in [-0.39, 0.29) is 23.6 Å². The average molecular weight is 422 g/mol. The molecule has 0 unspecified atom stereocenters. The van der Waals surface area contributed by atoms with Crippen LogP contribution in [0.4, 0.5) is 0 Å². The summed E-state index contributed by atoms with van der Waals surface area (Å²) in [6.45, 7) is 1.30. The SMILES string of the molecule is O=C(COc1ccc(Cl)cn1)NC12CC(NCCOc3ccc(Cl)cc3)(C1)C2. The molecule has 0 spiro atoms. The molecule has 0 saturated heterocycles. The van der Waals surface area contributed by atoms with Crippen molar-refractivity contribution in [1.82, 2.24) is 15.6 Å². The summed E-state index contributed by atoms with van der Waals surface area (Å²) >= 11 is 11.6. The number of hydrogen-bond donors (Lipinski definition) is 2. The lowest BCUT2D eigenvalue weighted by Gasteiger charge is -2.70. The molecule has 3 aliphatic carbocycles. The topological polar surface area (TPSA) is 72.5 Å².